The van der Waals surface area contributed by atoms with Gasteiger partial charge in [0, 0.05) is 17.2 Å². The second-order valence-electron chi connectivity index (χ2n) is 7.49. The molecule has 1 aliphatic rings. The molecule has 1 N–H and O–H groups in total. The lowest BCUT2D eigenvalue weighted by atomic mass is 10.2. The van der Waals surface area contributed by atoms with Crippen LogP contribution >= 0.6 is 23.4 Å². The number of carbonyl (C=O) groups is 1. The first kappa shape index (κ1) is 21.5. The van der Waals surface area contributed by atoms with Gasteiger partial charge in [-0.3, -0.25) is 14.2 Å². The Kier molecular flexibility index (Phi) is 5.82. The number of thioether (sulfide) groups is 1. The van der Waals surface area contributed by atoms with Gasteiger partial charge in [-0.15, -0.1) is 0 Å². The molecule has 1 amide bonds. The van der Waals surface area contributed by atoms with Crippen molar-refractivity contribution in [1.29, 1.82) is 0 Å². The van der Waals surface area contributed by atoms with Gasteiger partial charge >= 0.3 is 0 Å². The molecule has 0 spiro atoms. The standard InChI is InChI=1S/C23H20ClN5O3S/c1-2-32-19-9-4-3-8-18(19)26-20(30)11-16-13-33-23-27-21-17(22(31)28(16)23)12-25-29(21)15-7-5-6-14(24)10-15/h3-10,12,16H,2,11,13H2,1H3,(H,26,30). The van der Waals surface area contributed by atoms with Crippen molar-refractivity contribution in [2.24, 2.45) is 0 Å². The van der Waals surface area contributed by atoms with Crippen LogP contribution in [-0.2, 0) is 4.79 Å². The molecule has 3 heterocycles. The number of nitrogens with one attached hydrogen (secondary N) is 1. The van der Waals surface area contributed by atoms with Gasteiger partial charge in [0.25, 0.3) is 5.56 Å². The van der Waals surface area contributed by atoms with Crippen LogP contribution in [0.2, 0.25) is 5.02 Å². The molecule has 0 saturated carbocycles. The first-order chi connectivity index (χ1) is 16.0. The highest BCUT2D eigenvalue weighted by Crippen LogP contribution is 2.34. The van der Waals surface area contributed by atoms with Crippen molar-refractivity contribution in [3.63, 3.8) is 0 Å². The zero-order chi connectivity index (χ0) is 22.9. The highest BCUT2D eigenvalue weighted by atomic mass is 35.5. The number of anilines is 1. The second-order valence-corrected chi connectivity index (χ2v) is 8.91. The molecule has 8 nitrogen and oxygen atoms in total. The summed E-state index contributed by atoms with van der Waals surface area (Å²) in [7, 11) is 0. The number of para-hydroxylation sites is 2. The Labute approximate surface area is 198 Å². The quantitative estimate of drug-likeness (QED) is 0.413. The number of halogens is 1. The van der Waals surface area contributed by atoms with Gasteiger partial charge in [0.1, 0.15) is 11.1 Å². The molecule has 5 rings (SSSR count). The highest BCUT2D eigenvalue weighted by molar-refractivity contribution is 7.99. The predicted molar refractivity (Wildman–Crippen MR) is 129 cm³/mol. The third kappa shape index (κ3) is 4.09. The average molecular weight is 482 g/mol. The lowest BCUT2D eigenvalue weighted by Gasteiger charge is -2.15. The van der Waals surface area contributed by atoms with E-state index in [1.807, 2.05) is 37.3 Å². The maximum atomic E-state index is 13.3. The maximum Gasteiger partial charge on any atom is 0.265 e. The molecule has 168 valence electrons. The molecule has 0 bridgehead atoms. The molecule has 0 fully saturated rings. The molecule has 1 unspecified atom stereocenters. The van der Waals surface area contributed by atoms with Gasteiger partial charge in [0.2, 0.25) is 5.91 Å². The van der Waals surface area contributed by atoms with Gasteiger partial charge in [-0.25, -0.2) is 9.67 Å². The summed E-state index contributed by atoms with van der Waals surface area (Å²) < 4.78 is 8.78. The smallest absolute Gasteiger partial charge is 0.265 e. The minimum atomic E-state index is -0.303. The molecule has 10 heteroatoms. The molecule has 2 aromatic heterocycles. The summed E-state index contributed by atoms with van der Waals surface area (Å²) in [4.78, 5) is 30.8. The van der Waals surface area contributed by atoms with Crippen LogP contribution in [0.1, 0.15) is 19.4 Å². The number of aromatic nitrogens is 4. The molecule has 0 saturated heterocycles. The lowest BCUT2D eigenvalue weighted by molar-refractivity contribution is -0.116. The summed E-state index contributed by atoms with van der Waals surface area (Å²) in [6.07, 6.45) is 1.66. The molecule has 1 aliphatic heterocycles. The van der Waals surface area contributed by atoms with E-state index in [0.717, 1.165) is 5.69 Å². The molecule has 0 radical (unpaired) electrons. The Morgan fingerprint density at radius 1 is 1.27 bits per heavy atom. The Morgan fingerprint density at radius 2 is 2.12 bits per heavy atom. The molecular weight excluding hydrogens is 462 g/mol. The molecule has 1 atom stereocenters. The van der Waals surface area contributed by atoms with Gasteiger partial charge in [-0.05, 0) is 37.3 Å². The summed E-state index contributed by atoms with van der Waals surface area (Å²) in [6, 6.07) is 14.2. The highest BCUT2D eigenvalue weighted by Gasteiger charge is 2.29. The van der Waals surface area contributed by atoms with E-state index in [0.29, 0.717) is 45.0 Å². The Morgan fingerprint density at radius 3 is 2.94 bits per heavy atom. The van der Waals surface area contributed by atoms with Crippen molar-refractivity contribution < 1.29 is 9.53 Å². The average Bonchev–Trinajstić information content (AvgIpc) is 3.40. The predicted octanol–water partition coefficient (Wildman–Crippen LogP) is 4.31. The Bertz CT molecular complexity index is 1420. The molecular formula is C23H20ClN5O3S. The first-order valence-electron chi connectivity index (χ1n) is 10.5. The number of rotatable bonds is 6. The SMILES string of the molecule is CCOc1ccccc1NC(=O)CC1CSc2nc3c(cnn3-c3cccc(Cl)c3)c(=O)n21. The Hall–Kier alpha value is -3.30. The number of amides is 1. The molecule has 33 heavy (non-hydrogen) atoms. The minimum absolute atomic E-state index is 0.149. The second kappa shape index (κ2) is 8.92. The van der Waals surface area contributed by atoms with E-state index in [9.17, 15) is 9.59 Å². The van der Waals surface area contributed by atoms with Crippen LogP contribution < -0.4 is 15.6 Å². The van der Waals surface area contributed by atoms with Crippen molar-refractivity contribution in [3.8, 4) is 11.4 Å². The summed E-state index contributed by atoms with van der Waals surface area (Å²) in [5.74, 6) is 1.01. The van der Waals surface area contributed by atoms with Crippen molar-refractivity contribution in [2.45, 2.75) is 24.5 Å². The van der Waals surface area contributed by atoms with Crippen LogP contribution in [-0.4, -0.2) is 37.6 Å². The number of fused-ring (bicyclic) bond motifs is 2. The minimum Gasteiger partial charge on any atom is -0.492 e. The van der Waals surface area contributed by atoms with E-state index in [2.05, 4.69) is 10.4 Å². The van der Waals surface area contributed by atoms with Crippen molar-refractivity contribution in [2.75, 3.05) is 17.7 Å². The lowest BCUT2D eigenvalue weighted by Crippen LogP contribution is -2.27. The first-order valence-corrected chi connectivity index (χ1v) is 11.8. The fourth-order valence-electron chi connectivity index (χ4n) is 3.84. The number of carbonyl (C=O) groups excluding carboxylic acids is 1. The van der Waals surface area contributed by atoms with Crippen LogP contribution in [0.4, 0.5) is 5.69 Å². The van der Waals surface area contributed by atoms with Crippen LogP contribution in [0.5, 0.6) is 5.75 Å². The molecule has 2 aromatic carbocycles. The number of hydrogen-bond acceptors (Lipinski definition) is 6. The van der Waals surface area contributed by atoms with Crippen LogP contribution in [0.25, 0.3) is 16.7 Å². The van der Waals surface area contributed by atoms with Crippen molar-refractivity contribution in [3.05, 3.63) is 70.1 Å². The van der Waals surface area contributed by atoms with Crippen molar-refractivity contribution >= 4 is 46.0 Å². The third-order valence-corrected chi connectivity index (χ3v) is 6.64. The van der Waals surface area contributed by atoms with Crippen LogP contribution in [0, 0.1) is 0 Å². The third-order valence-electron chi connectivity index (χ3n) is 5.31. The van der Waals surface area contributed by atoms with E-state index in [-0.39, 0.29) is 23.9 Å². The zero-order valence-electron chi connectivity index (χ0n) is 17.7. The number of hydrogen-bond donors (Lipinski definition) is 1. The number of benzene rings is 2. The fourth-order valence-corrected chi connectivity index (χ4v) is 5.16. The zero-order valence-corrected chi connectivity index (χ0v) is 19.3. The van der Waals surface area contributed by atoms with E-state index in [1.165, 1.54) is 18.0 Å². The normalized spacial score (nSPS) is 14.9. The molecule has 0 aliphatic carbocycles. The Balaban J connectivity index is 1.42. The topological polar surface area (TPSA) is 91.0 Å². The van der Waals surface area contributed by atoms with Gasteiger partial charge in [-0.1, -0.05) is 41.6 Å². The van der Waals surface area contributed by atoms with Gasteiger partial charge in [-0.2, -0.15) is 5.10 Å². The summed E-state index contributed by atoms with van der Waals surface area (Å²) >= 11 is 7.57. The number of nitrogens with zero attached hydrogens (tertiary/aromatic N) is 4. The fraction of sp³-hybridized carbons (Fsp3) is 0.217. The van der Waals surface area contributed by atoms with E-state index in [1.54, 1.807) is 27.4 Å². The summed E-state index contributed by atoms with van der Waals surface area (Å²) in [6.45, 7) is 2.39. The van der Waals surface area contributed by atoms with E-state index >= 15 is 0 Å². The monoisotopic (exact) mass is 481 g/mol. The van der Waals surface area contributed by atoms with E-state index < -0.39 is 0 Å². The van der Waals surface area contributed by atoms with Crippen molar-refractivity contribution in [1.82, 2.24) is 19.3 Å². The largest absolute Gasteiger partial charge is 0.492 e. The van der Waals surface area contributed by atoms with Crippen LogP contribution in [0.15, 0.2) is 64.7 Å². The van der Waals surface area contributed by atoms with Gasteiger partial charge in [0.05, 0.1) is 30.2 Å². The maximum absolute atomic E-state index is 13.3. The van der Waals surface area contributed by atoms with Gasteiger partial charge < -0.3 is 10.1 Å². The summed E-state index contributed by atoms with van der Waals surface area (Å²) in [5, 5.41) is 8.80. The van der Waals surface area contributed by atoms with E-state index in [4.69, 9.17) is 21.3 Å². The number of ether oxygens (including phenoxy) is 1. The molecule has 4 aromatic rings. The van der Waals surface area contributed by atoms with Gasteiger partial charge in [0.15, 0.2) is 10.8 Å². The van der Waals surface area contributed by atoms with Crippen LogP contribution in [0.3, 0.4) is 0 Å². The summed E-state index contributed by atoms with van der Waals surface area (Å²) in [5.41, 5.74) is 1.60.